The molecule has 2 aliphatic rings. The first-order valence-corrected chi connectivity index (χ1v) is 9.19. The number of nitrogens with zero attached hydrogens (tertiary/aromatic N) is 3. The van der Waals surface area contributed by atoms with Crippen LogP contribution in [0.1, 0.15) is 40.0 Å². The summed E-state index contributed by atoms with van der Waals surface area (Å²) in [6.45, 7) is 6.12. The van der Waals surface area contributed by atoms with Gasteiger partial charge in [0.05, 0.1) is 6.57 Å². The van der Waals surface area contributed by atoms with Gasteiger partial charge in [-0.15, -0.1) is 0 Å². The van der Waals surface area contributed by atoms with Crippen molar-refractivity contribution in [2.45, 2.75) is 37.1 Å². The van der Waals surface area contributed by atoms with Crippen LogP contribution in [0.4, 0.5) is 14.5 Å². The number of carbonyl (C=O) groups excluding carboxylic acids is 1. The number of pyridine rings is 1. The largest absolute Gasteiger partial charge is 0.459 e. The number of aliphatic imine (C=N–C) groups is 1. The van der Waals surface area contributed by atoms with Crippen LogP contribution in [-0.2, 0) is 23.1 Å². The number of aromatic nitrogens is 1. The predicted octanol–water partition coefficient (Wildman–Crippen LogP) is 3.57. The van der Waals surface area contributed by atoms with Crippen LogP contribution in [0.5, 0.6) is 0 Å². The van der Waals surface area contributed by atoms with Gasteiger partial charge in [-0.2, -0.15) is 8.78 Å². The first-order chi connectivity index (χ1) is 13.8. The van der Waals surface area contributed by atoms with E-state index in [2.05, 4.69) is 14.8 Å². The van der Waals surface area contributed by atoms with Crippen LogP contribution >= 0.6 is 0 Å². The van der Waals surface area contributed by atoms with Crippen LogP contribution in [0.15, 0.2) is 41.5 Å². The number of Topliss-reactive ketones (excluding diaryl/α,β-unsaturated/α-hetero) is 1. The minimum Gasteiger partial charge on any atom is -0.459 e. The lowest BCUT2D eigenvalue weighted by Gasteiger charge is -2.43. The summed E-state index contributed by atoms with van der Waals surface area (Å²) in [6, 6.07) is 7.96. The second kappa shape index (κ2) is 6.92. The molecule has 0 fully saturated rings. The number of ketones is 1. The van der Waals surface area contributed by atoms with Crippen molar-refractivity contribution in [2.24, 2.45) is 10.7 Å². The molecule has 1 aliphatic carbocycles. The quantitative estimate of drug-likeness (QED) is 0.635. The van der Waals surface area contributed by atoms with Crippen LogP contribution in [0, 0.1) is 6.57 Å². The lowest BCUT2D eigenvalue weighted by atomic mass is 9.72. The molecule has 148 valence electrons. The maximum atomic E-state index is 14.9. The normalized spacial score (nSPS) is 22.2. The average Bonchev–Trinajstić information content (AvgIpc) is 2.72. The van der Waals surface area contributed by atoms with Crippen molar-refractivity contribution in [2.75, 3.05) is 6.61 Å². The molecule has 4 rings (SSSR count). The van der Waals surface area contributed by atoms with Gasteiger partial charge in [0.1, 0.15) is 5.69 Å². The minimum atomic E-state index is -3.20. The second-order valence-electron chi connectivity index (χ2n) is 7.26. The summed E-state index contributed by atoms with van der Waals surface area (Å²) in [6.07, 6.45) is 2.73. The van der Waals surface area contributed by atoms with Crippen molar-refractivity contribution in [3.05, 3.63) is 70.3 Å². The van der Waals surface area contributed by atoms with Gasteiger partial charge in [-0.25, -0.2) is 9.84 Å². The molecule has 2 N–H and O–H groups in total. The minimum absolute atomic E-state index is 0.00892. The Morgan fingerprint density at radius 3 is 2.86 bits per heavy atom. The zero-order valence-electron chi connectivity index (χ0n) is 15.5. The number of carbonyl (C=O) groups is 1. The lowest BCUT2D eigenvalue weighted by Crippen LogP contribution is -2.54. The molecule has 0 amide bonds. The van der Waals surface area contributed by atoms with Crippen molar-refractivity contribution in [1.29, 1.82) is 0 Å². The molecule has 1 aromatic carbocycles. The van der Waals surface area contributed by atoms with Crippen molar-refractivity contribution in [3.63, 3.8) is 0 Å². The summed E-state index contributed by atoms with van der Waals surface area (Å²) in [5.74, 6) is -3.46. The van der Waals surface area contributed by atoms with Gasteiger partial charge in [0.15, 0.2) is 17.9 Å². The summed E-state index contributed by atoms with van der Waals surface area (Å²) in [7, 11) is 0. The van der Waals surface area contributed by atoms with Crippen LogP contribution in [0.2, 0.25) is 0 Å². The van der Waals surface area contributed by atoms with Gasteiger partial charge >= 0.3 is 5.92 Å². The molecule has 2 heterocycles. The predicted molar refractivity (Wildman–Crippen MR) is 102 cm³/mol. The molecule has 1 atom stereocenters. The average molecular weight is 396 g/mol. The molecule has 6 nitrogen and oxygen atoms in total. The first kappa shape index (κ1) is 19.0. The number of hydrogen-bond donors (Lipinski definition) is 1. The van der Waals surface area contributed by atoms with E-state index in [1.807, 2.05) is 0 Å². The summed E-state index contributed by atoms with van der Waals surface area (Å²) in [5.41, 5.74) is 6.24. The zero-order chi connectivity index (χ0) is 20.6. The van der Waals surface area contributed by atoms with E-state index in [0.29, 0.717) is 29.7 Å². The first-order valence-electron chi connectivity index (χ1n) is 9.19. The monoisotopic (exact) mass is 396 g/mol. The number of nitrogens with two attached hydrogens (primary N) is 1. The highest BCUT2D eigenvalue weighted by Gasteiger charge is 2.59. The fourth-order valence-corrected chi connectivity index (χ4v) is 3.98. The smallest absolute Gasteiger partial charge is 0.310 e. The van der Waals surface area contributed by atoms with Crippen molar-refractivity contribution in [3.8, 4) is 0 Å². The molecule has 2 aromatic rings. The van der Waals surface area contributed by atoms with Crippen LogP contribution in [-0.4, -0.2) is 29.3 Å². The number of fused-ring (bicyclic) bond motifs is 2. The fourth-order valence-electron chi connectivity index (χ4n) is 3.98. The topological polar surface area (TPSA) is 81.9 Å². The van der Waals surface area contributed by atoms with E-state index in [9.17, 15) is 13.6 Å². The van der Waals surface area contributed by atoms with Gasteiger partial charge in [-0.1, -0.05) is 24.3 Å². The number of halogens is 2. The van der Waals surface area contributed by atoms with Crippen LogP contribution < -0.4 is 5.73 Å². The van der Waals surface area contributed by atoms with Crippen LogP contribution in [0.25, 0.3) is 4.85 Å². The molecular formula is C21H18F2N4O2. The number of aryl methyl sites for hydroxylation is 1. The second-order valence-corrected chi connectivity index (χ2v) is 7.26. The maximum Gasteiger partial charge on any atom is 0.310 e. The number of hydrogen-bond acceptors (Lipinski definition) is 5. The molecule has 0 unspecified atom stereocenters. The number of ether oxygens (including phenoxy) is 1. The van der Waals surface area contributed by atoms with E-state index in [-0.39, 0.29) is 30.3 Å². The molecule has 1 aromatic heterocycles. The van der Waals surface area contributed by atoms with Gasteiger partial charge in [0, 0.05) is 12.6 Å². The third-order valence-electron chi connectivity index (χ3n) is 5.44. The van der Waals surface area contributed by atoms with Crippen molar-refractivity contribution < 1.29 is 18.3 Å². The molecule has 1 spiro atoms. The Bertz CT molecular complexity index is 1040. The van der Waals surface area contributed by atoms with E-state index in [1.165, 1.54) is 18.3 Å². The standard InChI is InChI=1S/C21H18F2N4O2/c1-25-15-6-7-17(26-11-15)18(28)10-13-4-5-14-3-2-8-20(16(14)9-13)21(22,23)12-29-19(24)27-20/h4-7,9,11H,2-3,8,10,12H2,(H2,24,27)/t20-/m1/s1. The maximum absolute atomic E-state index is 14.9. The Kier molecular flexibility index (Phi) is 4.53. The molecule has 0 saturated carbocycles. The highest BCUT2D eigenvalue weighted by Crippen LogP contribution is 2.50. The third-order valence-corrected chi connectivity index (χ3v) is 5.44. The van der Waals surface area contributed by atoms with E-state index in [1.54, 1.807) is 18.2 Å². The molecule has 0 bridgehead atoms. The number of rotatable bonds is 3. The Hall–Kier alpha value is -3.34. The van der Waals surface area contributed by atoms with E-state index >= 15 is 0 Å². The summed E-state index contributed by atoms with van der Waals surface area (Å²) < 4.78 is 34.7. The Balaban J connectivity index is 1.69. The SMILES string of the molecule is [C-]#[N+]c1ccc(C(=O)Cc2ccc3c(c2)[C@@]2(CCC3)N=C(N)OCC2(F)F)nc1. The van der Waals surface area contributed by atoms with Gasteiger partial charge in [-0.3, -0.25) is 9.78 Å². The Morgan fingerprint density at radius 1 is 1.31 bits per heavy atom. The van der Waals surface area contributed by atoms with Crippen LogP contribution in [0.3, 0.4) is 0 Å². The summed E-state index contributed by atoms with van der Waals surface area (Å²) in [4.78, 5) is 23.9. The van der Waals surface area contributed by atoms with Crippen molar-refractivity contribution in [1.82, 2.24) is 4.98 Å². The number of benzene rings is 1. The lowest BCUT2D eigenvalue weighted by molar-refractivity contribution is -0.127. The van der Waals surface area contributed by atoms with Gasteiger partial charge in [-0.05, 0) is 42.0 Å². The Morgan fingerprint density at radius 2 is 2.14 bits per heavy atom. The zero-order valence-corrected chi connectivity index (χ0v) is 15.5. The third kappa shape index (κ3) is 3.23. The number of alkyl halides is 2. The molecule has 8 heteroatoms. The Labute approximate surface area is 166 Å². The van der Waals surface area contributed by atoms with Crippen molar-refractivity contribution >= 4 is 17.5 Å². The highest BCUT2D eigenvalue weighted by molar-refractivity contribution is 5.96. The number of amidine groups is 1. The molecule has 1 aliphatic heterocycles. The van der Waals surface area contributed by atoms with E-state index in [0.717, 1.165) is 5.56 Å². The molecule has 29 heavy (non-hydrogen) atoms. The summed E-state index contributed by atoms with van der Waals surface area (Å²) >= 11 is 0. The summed E-state index contributed by atoms with van der Waals surface area (Å²) in [5, 5.41) is 0. The van der Waals surface area contributed by atoms with E-state index < -0.39 is 18.1 Å². The van der Waals surface area contributed by atoms with E-state index in [4.69, 9.17) is 17.0 Å². The van der Waals surface area contributed by atoms with Gasteiger partial charge in [0.2, 0.25) is 5.69 Å². The molecule has 0 radical (unpaired) electrons. The highest BCUT2D eigenvalue weighted by atomic mass is 19.3. The van der Waals surface area contributed by atoms with Gasteiger partial charge < -0.3 is 10.5 Å². The molecule has 0 saturated heterocycles. The fraction of sp³-hybridized carbons (Fsp3) is 0.333. The molecular weight excluding hydrogens is 378 g/mol. The van der Waals surface area contributed by atoms with Gasteiger partial charge in [0.25, 0.3) is 6.02 Å².